The Bertz CT molecular complexity index is 679. The number of benzene rings is 1. The Morgan fingerprint density at radius 1 is 1.24 bits per heavy atom. The minimum Gasteiger partial charge on any atom is -0.489 e. The number of halogens is 2. The number of ether oxygens (including phenoxy) is 1. The van der Waals surface area contributed by atoms with Crippen molar-refractivity contribution < 1.29 is 4.74 Å². The van der Waals surface area contributed by atoms with Gasteiger partial charge in [-0.2, -0.15) is 0 Å². The van der Waals surface area contributed by atoms with E-state index in [1.807, 2.05) is 12.1 Å². The molecule has 1 fully saturated rings. The molecular weight excluding hydrogens is 311 g/mol. The lowest BCUT2D eigenvalue weighted by Gasteiger charge is -2.27. The van der Waals surface area contributed by atoms with Crippen LogP contribution in [0, 0.1) is 0 Å². The molecule has 0 spiro atoms. The molecule has 0 bridgehead atoms. The van der Waals surface area contributed by atoms with Crippen molar-refractivity contribution in [3.63, 3.8) is 0 Å². The van der Waals surface area contributed by atoms with Crippen molar-refractivity contribution in [1.82, 2.24) is 4.98 Å². The van der Waals surface area contributed by atoms with E-state index in [1.54, 1.807) is 12.3 Å². The van der Waals surface area contributed by atoms with E-state index in [9.17, 15) is 4.79 Å². The lowest BCUT2D eigenvalue weighted by atomic mass is 9.94. The molecule has 0 saturated heterocycles. The van der Waals surface area contributed by atoms with Crippen LogP contribution in [0.25, 0.3) is 10.8 Å². The fourth-order valence-corrected chi connectivity index (χ4v) is 2.87. The molecule has 1 saturated carbocycles. The molecule has 0 unspecified atom stereocenters. The normalized spacial score (nSPS) is 21.8. The van der Waals surface area contributed by atoms with Gasteiger partial charge in [0.15, 0.2) is 0 Å². The van der Waals surface area contributed by atoms with E-state index >= 15 is 0 Å². The average Bonchev–Trinajstić information content (AvgIpc) is 2.43. The molecule has 114 valence electrons. The molecule has 1 aromatic heterocycles. The zero-order valence-electron chi connectivity index (χ0n) is 11.5. The highest BCUT2D eigenvalue weighted by Crippen LogP contribution is 2.31. The van der Waals surface area contributed by atoms with Crippen molar-refractivity contribution in [2.45, 2.75) is 37.8 Å². The second-order valence-corrected chi connectivity index (χ2v) is 5.74. The number of hydrogen-bond donors (Lipinski definition) is 2. The minimum atomic E-state index is -0.139. The van der Waals surface area contributed by atoms with Gasteiger partial charge in [0.25, 0.3) is 5.56 Å². The van der Waals surface area contributed by atoms with E-state index in [4.69, 9.17) is 22.1 Å². The SMILES string of the molecule is Cl.NC1CCC(Oc2cc3cc[nH]c(=O)c3cc2Cl)CC1. The Kier molecular flexibility index (Phi) is 5.14. The zero-order valence-corrected chi connectivity index (χ0v) is 13.0. The number of pyridine rings is 1. The van der Waals surface area contributed by atoms with Crippen molar-refractivity contribution in [2.75, 3.05) is 0 Å². The topological polar surface area (TPSA) is 68.1 Å². The van der Waals surface area contributed by atoms with Gasteiger partial charge in [-0.05, 0) is 49.3 Å². The molecule has 1 heterocycles. The summed E-state index contributed by atoms with van der Waals surface area (Å²) in [6, 6.07) is 5.64. The van der Waals surface area contributed by atoms with Gasteiger partial charge >= 0.3 is 0 Å². The molecule has 4 nitrogen and oxygen atoms in total. The van der Waals surface area contributed by atoms with Crippen molar-refractivity contribution in [3.8, 4) is 5.75 Å². The van der Waals surface area contributed by atoms with E-state index in [-0.39, 0.29) is 24.1 Å². The van der Waals surface area contributed by atoms with Crippen molar-refractivity contribution in [1.29, 1.82) is 0 Å². The number of rotatable bonds is 2. The van der Waals surface area contributed by atoms with Crippen LogP contribution in [0.4, 0.5) is 0 Å². The Morgan fingerprint density at radius 3 is 2.67 bits per heavy atom. The van der Waals surface area contributed by atoms with Crippen LogP contribution >= 0.6 is 24.0 Å². The van der Waals surface area contributed by atoms with E-state index in [2.05, 4.69) is 4.98 Å². The summed E-state index contributed by atoms with van der Waals surface area (Å²) >= 11 is 6.22. The summed E-state index contributed by atoms with van der Waals surface area (Å²) in [6.07, 6.45) is 5.65. The van der Waals surface area contributed by atoms with E-state index in [0.29, 0.717) is 22.2 Å². The molecule has 3 rings (SSSR count). The Morgan fingerprint density at radius 2 is 1.95 bits per heavy atom. The second kappa shape index (κ2) is 6.69. The fraction of sp³-hybridized carbons (Fsp3) is 0.400. The highest BCUT2D eigenvalue weighted by atomic mass is 35.5. The van der Waals surface area contributed by atoms with Crippen LogP contribution < -0.4 is 16.0 Å². The summed E-state index contributed by atoms with van der Waals surface area (Å²) < 4.78 is 5.98. The average molecular weight is 329 g/mol. The highest BCUT2D eigenvalue weighted by molar-refractivity contribution is 6.32. The lowest BCUT2D eigenvalue weighted by Crippen LogP contribution is -2.31. The number of fused-ring (bicyclic) bond motifs is 1. The summed E-state index contributed by atoms with van der Waals surface area (Å²) in [5.41, 5.74) is 5.75. The molecule has 0 radical (unpaired) electrons. The van der Waals surface area contributed by atoms with Crippen LogP contribution in [0.3, 0.4) is 0 Å². The molecule has 0 atom stereocenters. The maximum atomic E-state index is 11.7. The summed E-state index contributed by atoms with van der Waals surface area (Å²) in [7, 11) is 0. The summed E-state index contributed by atoms with van der Waals surface area (Å²) in [6.45, 7) is 0. The number of aromatic amines is 1. The van der Waals surface area contributed by atoms with Crippen LogP contribution in [0.5, 0.6) is 5.75 Å². The summed E-state index contributed by atoms with van der Waals surface area (Å²) in [5, 5.41) is 1.89. The molecule has 1 aromatic carbocycles. The highest BCUT2D eigenvalue weighted by Gasteiger charge is 2.20. The van der Waals surface area contributed by atoms with Crippen LogP contribution in [0.15, 0.2) is 29.2 Å². The van der Waals surface area contributed by atoms with Gasteiger partial charge in [0.2, 0.25) is 0 Å². The largest absolute Gasteiger partial charge is 0.489 e. The van der Waals surface area contributed by atoms with Crippen LogP contribution in [-0.4, -0.2) is 17.1 Å². The molecule has 1 aliphatic carbocycles. The van der Waals surface area contributed by atoms with Gasteiger partial charge in [0.05, 0.1) is 11.1 Å². The number of hydrogen-bond acceptors (Lipinski definition) is 3. The van der Waals surface area contributed by atoms with Crippen LogP contribution in [0.1, 0.15) is 25.7 Å². The van der Waals surface area contributed by atoms with Gasteiger partial charge in [-0.25, -0.2) is 0 Å². The monoisotopic (exact) mass is 328 g/mol. The second-order valence-electron chi connectivity index (χ2n) is 5.33. The Balaban J connectivity index is 0.00000161. The van der Waals surface area contributed by atoms with Crippen molar-refractivity contribution in [3.05, 3.63) is 39.8 Å². The first-order valence-corrected chi connectivity index (χ1v) is 7.24. The third kappa shape index (κ3) is 3.51. The van der Waals surface area contributed by atoms with Crippen LogP contribution in [-0.2, 0) is 0 Å². The van der Waals surface area contributed by atoms with Crippen molar-refractivity contribution >= 4 is 34.8 Å². The number of H-pyrrole nitrogens is 1. The molecule has 2 aromatic rings. The van der Waals surface area contributed by atoms with Gasteiger partial charge in [-0.15, -0.1) is 12.4 Å². The predicted octanol–water partition coefficient (Wildman–Crippen LogP) is 3.25. The Labute approximate surface area is 134 Å². The molecular formula is C15H18Cl2N2O2. The third-order valence-corrected chi connectivity index (χ3v) is 4.13. The van der Waals surface area contributed by atoms with Gasteiger partial charge in [-0.3, -0.25) is 4.79 Å². The van der Waals surface area contributed by atoms with E-state index in [1.165, 1.54) is 0 Å². The van der Waals surface area contributed by atoms with Crippen molar-refractivity contribution in [2.24, 2.45) is 5.73 Å². The third-order valence-electron chi connectivity index (χ3n) is 3.84. The van der Waals surface area contributed by atoms with Crippen LogP contribution in [0.2, 0.25) is 5.02 Å². The number of nitrogens with one attached hydrogen (secondary N) is 1. The summed E-state index contributed by atoms with van der Waals surface area (Å²) in [4.78, 5) is 14.3. The maximum Gasteiger partial charge on any atom is 0.255 e. The molecule has 1 aliphatic rings. The maximum absolute atomic E-state index is 11.7. The quantitative estimate of drug-likeness (QED) is 0.889. The molecule has 3 N–H and O–H groups in total. The van der Waals surface area contributed by atoms with Gasteiger partial charge < -0.3 is 15.5 Å². The fourth-order valence-electron chi connectivity index (χ4n) is 2.66. The first-order valence-electron chi connectivity index (χ1n) is 6.86. The van der Waals surface area contributed by atoms with Gasteiger partial charge in [-0.1, -0.05) is 11.6 Å². The Hall–Kier alpha value is -1.23. The number of nitrogens with two attached hydrogens (primary N) is 1. The van der Waals surface area contributed by atoms with Gasteiger partial charge in [0, 0.05) is 17.6 Å². The smallest absolute Gasteiger partial charge is 0.255 e. The van der Waals surface area contributed by atoms with Gasteiger partial charge in [0.1, 0.15) is 5.75 Å². The first kappa shape index (κ1) is 16.1. The number of aromatic nitrogens is 1. The zero-order chi connectivity index (χ0) is 14.1. The standard InChI is InChI=1S/C15H17ClN2O2.ClH/c16-13-8-12-9(5-6-18-15(12)19)7-14(13)20-11-3-1-10(17)2-4-11;/h5-8,10-11H,1-4,17H2,(H,18,19);1H. The summed E-state index contributed by atoms with van der Waals surface area (Å²) in [5.74, 6) is 0.644. The predicted molar refractivity (Wildman–Crippen MR) is 87.7 cm³/mol. The first-order chi connectivity index (χ1) is 9.63. The van der Waals surface area contributed by atoms with E-state index in [0.717, 1.165) is 31.1 Å². The molecule has 0 aliphatic heterocycles. The molecule has 0 amide bonds. The minimum absolute atomic E-state index is 0. The molecule has 6 heteroatoms. The molecule has 21 heavy (non-hydrogen) atoms. The van der Waals surface area contributed by atoms with E-state index < -0.39 is 0 Å². The lowest BCUT2D eigenvalue weighted by molar-refractivity contribution is 0.147.